The monoisotopic (exact) mass is 586 g/mol. The second-order valence-corrected chi connectivity index (χ2v) is 13.4. The Balaban J connectivity index is 1.31. The zero-order valence-electron chi connectivity index (χ0n) is 25.8. The second kappa shape index (κ2) is 9.19. The number of hydrogen-bond acceptors (Lipinski definition) is 1. The highest BCUT2D eigenvalue weighted by Crippen LogP contribution is 2.55. The van der Waals surface area contributed by atoms with E-state index in [2.05, 4.69) is 159 Å². The summed E-state index contributed by atoms with van der Waals surface area (Å²) in [6.45, 7) is 4.78. The van der Waals surface area contributed by atoms with E-state index in [1.165, 1.54) is 82.2 Å². The van der Waals surface area contributed by atoms with Gasteiger partial charge in [-0.05, 0) is 125 Å². The molecule has 8 aromatic carbocycles. The fourth-order valence-corrected chi connectivity index (χ4v) is 8.03. The topological polar surface area (TPSA) is 13.1 Å². The minimum atomic E-state index is -0.168. The van der Waals surface area contributed by atoms with Gasteiger partial charge in [0.05, 0.1) is 0 Å². The van der Waals surface area contributed by atoms with Crippen molar-refractivity contribution in [2.75, 3.05) is 0 Å². The fourth-order valence-electron chi connectivity index (χ4n) is 8.03. The fraction of sp³-hybridized carbons (Fsp3) is 0.0667. The number of furan rings is 1. The summed E-state index contributed by atoms with van der Waals surface area (Å²) in [5, 5.41) is 9.83. The van der Waals surface area contributed by atoms with Crippen LogP contribution in [0.2, 0.25) is 0 Å². The lowest BCUT2D eigenvalue weighted by Gasteiger charge is -2.23. The highest BCUT2D eigenvalue weighted by molar-refractivity contribution is 6.16. The van der Waals surface area contributed by atoms with Crippen molar-refractivity contribution in [1.29, 1.82) is 0 Å². The van der Waals surface area contributed by atoms with E-state index in [0.717, 1.165) is 16.6 Å². The summed E-state index contributed by atoms with van der Waals surface area (Å²) < 4.78 is 6.51. The highest BCUT2D eigenvalue weighted by atomic mass is 16.3. The van der Waals surface area contributed by atoms with E-state index in [9.17, 15) is 0 Å². The summed E-state index contributed by atoms with van der Waals surface area (Å²) in [6, 6.07) is 53.6. The van der Waals surface area contributed by atoms with Crippen LogP contribution in [-0.2, 0) is 5.41 Å². The van der Waals surface area contributed by atoms with Crippen LogP contribution in [0.3, 0.4) is 0 Å². The minimum absolute atomic E-state index is 0.168. The molecule has 0 aliphatic heterocycles. The second-order valence-electron chi connectivity index (χ2n) is 13.4. The van der Waals surface area contributed by atoms with Crippen molar-refractivity contribution in [3.8, 4) is 33.4 Å². The standard InChI is InChI=1S/C45H30O/c1-45(2)39-24-31-14-7-5-12-29(31)21-37(39)43-36(33-19-18-27-10-3-4-11-28(27)20-33)23-34(25-40(43)45)35-16-9-17-41-44(35)38-22-30-13-6-8-15-32(30)26-42(38)46-41/h3-26H,1-2H3. The number of hydrogen-bond donors (Lipinski definition) is 0. The maximum Gasteiger partial charge on any atom is 0.136 e. The Bertz CT molecular complexity index is 2720. The molecule has 1 heterocycles. The zero-order chi connectivity index (χ0) is 30.6. The Morgan fingerprint density at radius 2 is 1.07 bits per heavy atom. The first-order valence-electron chi connectivity index (χ1n) is 16.1. The molecular weight excluding hydrogens is 556 g/mol. The highest BCUT2D eigenvalue weighted by Gasteiger charge is 2.38. The van der Waals surface area contributed by atoms with Gasteiger partial charge in [-0.25, -0.2) is 0 Å². The van der Waals surface area contributed by atoms with Gasteiger partial charge in [-0.15, -0.1) is 0 Å². The Hall–Kier alpha value is -5.66. The van der Waals surface area contributed by atoms with Crippen LogP contribution in [0.1, 0.15) is 25.0 Å². The molecule has 1 heteroatoms. The van der Waals surface area contributed by atoms with Gasteiger partial charge in [0.1, 0.15) is 11.2 Å². The van der Waals surface area contributed by atoms with E-state index in [0.29, 0.717) is 0 Å². The summed E-state index contributed by atoms with van der Waals surface area (Å²) in [6.07, 6.45) is 0. The third-order valence-corrected chi connectivity index (χ3v) is 10.4. The van der Waals surface area contributed by atoms with Crippen LogP contribution in [-0.4, -0.2) is 0 Å². The maximum atomic E-state index is 6.51. The molecule has 46 heavy (non-hydrogen) atoms. The lowest BCUT2D eigenvalue weighted by atomic mass is 9.80. The molecule has 9 aromatic rings. The Labute approximate surface area is 267 Å². The van der Waals surface area contributed by atoms with E-state index in [1.54, 1.807) is 0 Å². The van der Waals surface area contributed by atoms with E-state index in [1.807, 2.05) is 0 Å². The van der Waals surface area contributed by atoms with E-state index >= 15 is 0 Å². The van der Waals surface area contributed by atoms with Crippen molar-refractivity contribution in [3.05, 3.63) is 157 Å². The lowest BCUT2D eigenvalue weighted by Crippen LogP contribution is -2.15. The normalized spacial score (nSPS) is 13.6. The molecule has 216 valence electrons. The molecule has 0 saturated carbocycles. The van der Waals surface area contributed by atoms with Crippen molar-refractivity contribution < 1.29 is 4.42 Å². The van der Waals surface area contributed by atoms with Crippen molar-refractivity contribution in [1.82, 2.24) is 0 Å². The summed E-state index contributed by atoms with van der Waals surface area (Å²) in [4.78, 5) is 0. The number of fused-ring (bicyclic) bond motifs is 9. The molecule has 1 aliphatic rings. The third kappa shape index (κ3) is 3.57. The first-order chi connectivity index (χ1) is 22.5. The van der Waals surface area contributed by atoms with Gasteiger partial charge in [0.2, 0.25) is 0 Å². The van der Waals surface area contributed by atoms with Crippen LogP contribution in [0.4, 0.5) is 0 Å². The first kappa shape index (κ1) is 25.6. The molecule has 0 unspecified atom stereocenters. The van der Waals surface area contributed by atoms with Crippen molar-refractivity contribution in [3.63, 3.8) is 0 Å². The molecule has 0 spiro atoms. The van der Waals surface area contributed by atoms with Crippen molar-refractivity contribution in [2.24, 2.45) is 0 Å². The van der Waals surface area contributed by atoms with Crippen molar-refractivity contribution >= 4 is 54.3 Å². The number of rotatable bonds is 2. The van der Waals surface area contributed by atoms with Gasteiger partial charge < -0.3 is 4.42 Å². The van der Waals surface area contributed by atoms with Crippen LogP contribution in [0.25, 0.3) is 87.6 Å². The van der Waals surface area contributed by atoms with Gasteiger partial charge in [-0.2, -0.15) is 0 Å². The molecule has 0 radical (unpaired) electrons. The number of benzene rings is 8. The molecule has 0 N–H and O–H groups in total. The molecule has 0 fully saturated rings. The van der Waals surface area contributed by atoms with Crippen LogP contribution in [0, 0.1) is 0 Å². The summed E-state index contributed by atoms with van der Waals surface area (Å²) in [7, 11) is 0. The lowest BCUT2D eigenvalue weighted by molar-refractivity contribution is 0.661. The van der Waals surface area contributed by atoms with E-state index in [4.69, 9.17) is 4.42 Å². The van der Waals surface area contributed by atoms with Gasteiger partial charge in [0.15, 0.2) is 0 Å². The van der Waals surface area contributed by atoms with Crippen LogP contribution in [0.15, 0.2) is 150 Å². The molecule has 0 bridgehead atoms. The smallest absolute Gasteiger partial charge is 0.136 e. The molecule has 0 saturated heterocycles. The largest absolute Gasteiger partial charge is 0.456 e. The predicted octanol–water partition coefficient (Wildman–Crippen LogP) is 12.7. The average molecular weight is 587 g/mol. The molecule has 1 aliphatic carbocycles. The summed E-state index contributed by atoms with van der Waals surface area (Å²) in [5.74, 6) is 0. The Morgan fingerprint density at radius 1 is 0.413 bits per heavy atom. The van der Waals surface area contributed by atoms with Gasteiger partial charge in [-0.3, -0.25) is 0 Å². The Morgan fingerprint density at radius 3 is 1.83 bits per heavy atom. The molecule has 1 nitrogen and oxygen atoms in total. The van der Waals surface area contributed by atoms with Crippen LogP contribution < -0.4 is 0 Å². The van der Waals surface area contributed by atoms with Gasteiger partial charge in [0, 0.05) is 16.2 Å². The van der Waals surface area contributed by atoms with E-state index in [-0.39, 0.29) is 5.41 Å². The quantitative estimate of drug-likeness (QED) is 0.196. The van der Waals surface area contributed by atoms with Gasteiger partial charge in [-0.1, -0.05) is 111 Å². The molecule has 10 rings (SSSR count). The SMILES string of the molecule is CC1(C)c2cc3ccccc3cc2-c2c(-c3ccc4ccccc4c3)cc(-c3cccc4oc5cc6ccccc6cc5c34)cc21. The van der Waals surface area contributed by atoms with Gasteiger partial charge >= 0.3 is 0 Å². The third-order valence-electron chi connectivity index (χ3n) is 10.4. The summed E-state index contributed by atoms with van der Waals surface area (Å²) in [5.41, 5.74) is 12.1. The molecule has 0 atom stereocenters. The van der Waals surface area contributed by atoms with Gasteiger partial charge in [0.25, 0.3) is 0 Å². The zero-order valence-corrected chi connectivity index (χ0v) is 25.8. The first-order valence-corrected chi connectivity index (χ1v) is 16.1. The molecular formula is C45H30O. The molecule has 0 amide bonds. The molecule has 1 aromatic heterocycles. The van der Waals surface area contributed by atoms with Crippen LogP contribution in [0.5, 0.6) is 0 Å². The predicted molar refractivity (Wildman–Crippen MR) is 195 cm³/mol. The summed E-state index contributed by atoms with van der Waals surface area (Å²) >= 11 is 0. The minimum Gasteiger partial charge on any atom is -0.456 e. The Kier molecular flexibility index (Phi) is 5.12. The average Bonchev–Trinajstić information content (AvgIpc) is 3.56. The van der Waals surface area contributed by atoms with Crippen LogP contribution >= 0.6 is 0 Å². The van der Waals surface area contributed by atoms with Crippen molar-refractivity contribution in [2.45, 2.75) is 19.3 Å². The van der Waals surface area contributed by atoms with E-state index < -0.39 is 0 Å². The maximum absolute atomic E-state index is 6.51.